The summed E-state index contributed by atoms with van der Waals surface area (Å²) < 4.78 is 26.6. The van der Waals surface area contributed by atoms with Crippen LogP contribution in [0.4, 0.5) is 8.78 Å². The number of alkyl halides is 2. The van der Waals surface area contributed by atoms with E-state index in [2.05, 4.69) is 11.7 Å². The highest BCUT2D eigenvalue weighted by Gasteiger charge is 2.11. The summed E-state index contributed by atoms with van der Waals surface area (Å²) in [6, 6.07) is 0. The van der Waals surface area contributed by atoms with Crippen molar-refractivity contribution in [2.75, 3.05) is 7.11 Å². The van der Waals surface area contributed by atoms with Crippen LogP contribution >= 0.6 is 0 Å². The Hall–Kier alpha value is -0.180. The fraction of sp³-hybridized carbons (Fsp3) is 0.750. The minimum absolute atomic E-state index is 1.18. The second kappa shape index (κ2) is 2.91. The molecular weight excluding hydrogens is 102 g/mol. The lowest BCUT2D eigenvalue weighted by Gasteiger charge is -2.04. The third-order valence-electron chi connectivity index (χ3n) is 0.584. The van der Waals surface area contributed by atoms with Crippen molar-refractivity contribution < 1.29 is 13.5 Å². The molecule has 0 saturated heterocycles. The Morgan fingerprint density at radius 3 is 2.00 bits per heavy atom. The van der Waals surface area contributed by atoms with E-state index < -0.39 is 12.5 Å². The molecule has 0 bridgehead atoms. The predicted molar refractivity (Wildman–Crippen MR) is 22.2 cm³/mol. The summed E-state index contributed by atoms with van der Waals surface area (Å²) in [6.07, 6.45) is -3.65. The fourth-order valence-electron chi connectivity index (χ4n) is 0.103. The molecule has 0 fully saturated rings. The SMILES string of the molecule is [CH2]C(OC)C(F)F. The lowest BCUT2D eigenvalue weighted by Crippen LogP contribution is -2.15. The molecule has 7 heavy (non-hydrogen) atoms. The number of ether oxygens (including phenoxy) is 1. The molecule has 0 aromatic rings. The fourth-order valence-corrected chi connectivity index (χ4v) is 0.103. The van der Waals surface area contributed by atoms with Gasteiger partial charge in [0.05, 0.1) is 0 Å². The molecule has 3 heteroatoms. The zero-order valence-electron chi connectivity index (χ0n) is 4.03. The zero-order valence-corrected chi connectivity index (χ0v) is 4.03. The number of halogens is 2. The first-order valence-electron chi connectivity index (χ1n) is 1.82. The Morgan fingerprint density at radius 2 is 2.00 bits per heavy atom. The van der Waals surface area contributed by atoms with E-state index in [1.807, 2.05) is 0 Å². The Labute approximate surface area is 41.3 Å². The summed E-state index contributed by atoms with van der Waals surface area (Å²) in [5.41, 5.74) is 0. The molecule has 1 atom stereocenters. The van der Waals surface area contributed by atoms with E-state index in [9.17, 15) is 8.78 Å². The lowest BCUT2D eigenvalue weighted by molar-refractivity contribution is -0.00603. The van der Waals surface area contributed by atoms with Crippen LogP contribution in [-0.2, 0) is 4.74 Å². The molecule has 0 saturated carbocycles. The van der Waals surface area contributed by atoms with Gasteiger partial charge >= 0.3 is 0 Å². The number of hydrogen-bond donors (Lipinski definition) is 0. The second-order valence-corrected chi connectivity index (χ2v) is 1.11. The van der Waals surface area contributed by atoms with Crippen molar-refractivity contribution in [2.24, 2.45) is 0 Å². The maximum absolute atomic E-state index is 11.2. The molecule has 0 amide bonds. The third-order valence-corrected chi connectivity index (χ3v) is 0.584. The smallest absolute Gasteiger partial charge is 0.264 e. The molecule has 43 valence electrons. The van der Waals surface area contributed by atoms with Gasteiger partial charge in [0.1, 0.15) is 6.10 Å². The molecule has 1 nitrogen and oxygen atoms in total. The van der Waals surface area contributed by atoms with E-state index in [0.29, 0.717) is 0 Å². The molecule has 0 aromatic heterocycles. The maximum Gasteiger partial charge on any atom is 0.264 e. The van der Waals surface area contributed by atoms with Gasteiger partial charge in [-0.2, -0.15) is 0 Å². The van der Waals surface area contributed by atoms with Crippen molar-refractivity contribution in [3.63, 3.8) is 0 Å². The van der Waals surface area contributed by atoms with Crippen molar-refractivity contribution in [1.82, 2.24) is 0 Å². The predicted octanol–water partition coefficient (Wildman–Crippen LogP) is 1.10. The first kappa shape index (κ1) is 6.82. The van der Waals surface area contributed by atoms with Gasteiger partial charge in [0, 0.05) is 7.11 Å². The van der Waals surface area contributed by atoms with Crippen LogP contribution in [0, 0.1) is 6.92 Å². The third kappa shape index (κ3) is 2.51. The average Bonchev–Trinajstić information content (AvgIpc) is 1.65. The zero-order chi connectivity index (χ0) is 5.86. The molecule has 1 radical (unpaired) electrons. The quantitative estimate of drug-likeness (QED) is 0.516. The van der Waals surface area contributed by atoms with Crippen LogP contribution < -0.4 is 0 Å². The minimum Gasteiger partial charge on any atom is -0.376 e. The van der Waals surface area contributed by atoms with Crippen molar-refractivity contribution >= 4 is 0 Å². The Bertz CT molecular complexity index is 47.0. The normalized spacial score (nSPS) is 15.0. The van der Waals surface area contributed by atoms with Gasteiger partial charge in [-0.05, 0) is 6.92 Å². The maximum atomic E-state index is 11.2. The van der Waals surface area contributed by atoms with Gasteiger partial charge in [-0.15, -0.1) is 0 Å². The van der Waals surface area contributed by atoms with Gasteiger partial charge in [-0.25, -0.2) is 8.78 Å². The van der Waals surface area contributed by atoms with E-state index in [1.54, 1.807) is 0 Å². The molecule has 0 aliphatic rings. The number of rotatable bonds is 2. The lowest BCUT2D eigenvalue weighted by atomic mass is 10.4. The summed E-state index contributed by atoms with van der Waals surface area (Å²) in [5, 5.41) is 0. The van der Waals surface area contributed by atoms with Gasteiger partial charge in [0.25, 0.3) is 6.43 Å². The molecule has 0 rings (SSSR count). The summed E-state index contributed by atoms with van der Waals surface area (Å²) >= 11 is 0. The number of hydrogen-bond acceptors (Lipinski definition) is 1. The minimum atomic E-state index is -2.47. The van der Waals surface area contributed by atoms with E-state index >= 15 is 0 Å². The van der Waals surface area contributed by atoms with Gasteiger partial charge in [-0.3, -0.25) is 0 Å². The van der Waals surface area contributed by atoms with Crippen molar-refractivity contribution in [3.8, 4) is 0 Å². The monoisotopic (exact) mass is 109 g/mol. The first-order chi connectivity index (χ1) is 3.18. The van der Waals surface area contributed by atoms with E-state index in [1.165, 1.54) is 7.11 Å². The van der Waals surface area contributed by atoms with Crippen LogP contribution in [0.2, 0.25) is 0 Å². The van der Waals surface area contributed by atoms with Crippen LogP contribution in [0.15, 0.2) is 0 Å². The standard InChI is InChI=1S/C4H7F2O/c1-3(7-2)4(5)6/h3-4H,1H2,2H3. The Morgan fingerprint density at radius 1 is 1.57 bits per heavy atom. The van der Waals surface area contributed by atoms with Crippen LogP contribution in [0.1, 0.15) is 0 Å². The summed E-state index contributed by atoms with van der Waals surface area (Å²) in [4.78, 5) is 0. The molecule has 0 N–H and O–H groups in total. The second-order valence-electron chi connectivity index (χ2n) is 1.11. The molecule has 1 unspecified atom stereocenters. The first-order valence-corrected chi connectivity index (χ1v) is 1.82. The molecule has 0 aromatic carbocycles. The van der Waals surface area contributed by atoms with Crippen LogP contribution in [0.5, 0.6) is 0 Å². The van der Waals surface area contributed by atoms with E-state index in [4.69, 9.17) is 0 Å². The summed E-state index contributed by atoms with van der Waals surface area (Å²) in [5.74, 6) is 0. The molecule has 0 spiro atoms. The van der Waals surface area contributed by atoms with Crippen LogP contribution in [0.3, 0.4) is 0 Å². The van der Waals surface area contributed by atoms with Crippen LogP contribution in [0.25, 0.3) is 0 Å². The van der Waals surface area contributed by atoms with Crippen LogP contribution in [-0.4, -0.2) is 19.6 Å². The number of methoxy groups -OCH3 is 1. The molecular formula is C4H7F2O. The summed E-state index contributed by atoms with van der Waals surface area (Å²) in [6.45, 7) is 2.98. The highest BCUT2D eigenvalue weighted by molar-refractivity contribution is 4.59. The molecule has 0 aliphatic heterocycles. The molecule has 0 aliphatic carbocycles. The topological polar surface area (TPSA) is 9.23 Å². The highest BCUT2D eigenvalue weighted by atomic mass is 19.3. The van der Waals surface area contributed by atoms with E-state index in [-0.39, 0.29) is 0 Å². The Kier molecular flexibility index (Phi) is 2.83. The van der Waals surface area contributed by atoms with Crippen molar-refractivity contribution in [2.45, 2.75) is 12.5 Å². The van der Waals surface area contributed by atoms with E-state index in [0.717, 1.165) is 0 Å². The van der Waals surface area contributed by atoms with Crippen molar-refractivity contribution in [3.05, 3.63) is 6.92 Å². The van der Waals surface area contributed by atoms with Gasteiger partial charge in [0.2, 0.25) is 0 Å². The summed E-state index contributed by atoms with van der Waals surface area (Å²) in [7, 11) is 1.20. The largest absolute Gasteiger partial charge is 0.376 e. The van der Waals surface area contributed by atoms with Gasteiger partial charge in [0.15, 0.2) is 0 Å². The van der Waals surface area contributed by atoms with Crippen molar-refractivity contribution in [1.29, 1.82) is 0 Å². The average molecular weight is 109 g/mol. The van der Waals surface area contributed by atoms with Gasteiger partial charge < -0.3 is 4.74 Å². The Balaban J connectivity index is 3.14. The van der Waals surface area contributed by atoms with Gasteiger partial charge in [-0.1, -0.05) is 0 Å². The molecule has 0 heterocycles. The highest BCUT2D eigenvalue weighted by Crippen LogP contribution is 2.00.